The van der Waals surface area contributed by atoms with Gasteiger partial charge in [-0.15, -0.1) is 0 Å². The van der Waals surface area contributed by atoms with Gasteiger partial charge in [-0.2, -0.15) is 4.31 Å². The van der Waals surface area contributed by atoms with Crippen LogP contribution in [0.1, 0.15) is 5.56 Å². The number of hydrogen-bond acceptors (Lipinski definition) is 2. The Morgan fingerprint density at radius 3 is 2.09 bits per heavy atom. The molecule has 2 rings (SSSR count). The van der Waals surface area contributed by atoms with Crippen LogP contribution in [0.15, 0.2) is 35.2 Å². The highest BCUT2D eigenvalue weighted by atomic mass is 35.5. The lowest BCUT2D eigenvalue weighted by atomic mass is 10.2. The molecule has 0 heterocycles. The second-order valence-electron chi connectivity index (χ2n) is 4.71. The Labute approximate surface area is 147 Å². The van der Waals surface area contributed by atoms with E-state index in [2.05, 4.69) is 0 Å². The summed E-state index contributed by atoms with van der Waals surface area (Å²) in [7, 11) is -2.77. The van der Waals surface area contributed by atoms with E-state index in [0.717, 1.165) is 16.4 Å². The Kier molecular flexibility index (Phi) is 5.53. The summed E-state index contributed by atoms with van der Waals surface area (Å²) < 4.78 is 52.3. The molecule has 0 aliphatic rings. The number of sulfonamides is 1. The number of nitrogens with zero attached hydrogens (tertiary/aromatic N) is 1. The predicted molar refractivity (Wildman–Crippen MR) is 86.5 cm³/mol. The topological polar surface area (TPSA) is 37.4 Å². The van der Waals surface area contributed by atoms with Crippen LogP contribution in [0.2, 0.25) is 15.1 Å². The Bertz CT molecular complexity index is 836. The van der Waals surface area contributed by atoms with Crippen molar-refractivity contribution in [3.63, 3.8) is 0 Å². The average Bonchev–Trinajstić information content (AvgIpc) is 2.41. The number of hydrogen-bond donors (Lipinski definition) is 0. The minimum Gasteiger partial charge on any atom is -0.207 e. The molecule has 0 aliphatic heterocycles. The normalized spacial score (nSPS) is 12.0. The molecule has 0 spiro atoms. The third kappa shape index (κ3) is 3.95. The molecule has 124 valence electrons. The lowest BCUT2D eigenvalue weighted by Crippen LogP contribution is -2.27. The van der Waals surface area contributed by atoms with E-state index in [4.69, 9.17) is 34.8 Å². The number of benzene rings is 2. The van der Waals surface area contributed by atoms with Gasteiger partial charge >= 0.3 is 0 Å². The molecule has 0 bridgehead atoms. The molecule has 9 heteroatoms. The quantitative estimate of drug-likeness (QED) is 0.743. The van der Waals surface area contributed by atoms with Crippen LogP contribution < -0.4 is 0 Å². The minimum atomic E-state index is -4.04. The molecular weight excluding hydrogens is 391 g/mol. The van der Waals surface area contributed by atoms with Gasteiger partial charge in [0.05, 0.1) is 10.0 Å². The molecule has 2 aromatic carbocycles. The van der Waals surface area contributed by atoms with E-state index in [1.54, 1.807) is 0 Å². The van der Waals surface area contributed by atoms with E-state index in [9.17, 15) is 17.2 Å². The van der Waals surface area contributed by atoms with Crippen molar-refractivity contribution >= 4 is 44.8 Å². The first-order chi connectivity index (χ1) is 10.6. The van der Waals surface area contributed by atoms with E-state index in [-0.39, 0.29) is 32.1 Å². The van der Waals surface area contributed by atoms with Crippen molar-refractivity contribution in [2.45, 2.75) is 11.4 Å². The van der Waals surface area contributed by atoms with Crippen molar-refractivity contribution in [2.24, 2.45) is 0 Å². The van der Waals surface area contributed by atoms with Crippen LogP contribution in [0, 0.1) is 11.6 Å². The molecule has 23 heavy (non-hydrogen) atoms. The summed E-state index contributed by atoms with van der Waals surface area (Å²) in [6, 6.07) is 5.65. The summed E-state index contributed by atoms with van der Waals surface area (Å²) in [6.45, 7) is -0.186. The number of rotatable bonds is 4. The van der Waals surface area contributed by atoms with E-state index in [0.29, 0.717) is 0 Å². The number of halogens is 5. The molecule has 0 fully saturated rings. The van der Waals surface area contributed by atoms with Gasteiger partial charge in [0.15, 0.2) is 11.6 Å². The molecule has 0 saturated heterocycles. The first-order valence-electron chi connectivity index (χ1n) is 6.17. The van der Waals surface area contributed by atoms with Gasteiger partial charge in [-0.3, -0.25) is 0 Å². The van der Waals surface area contributed by atoms with Gasteiger partial charge in [0.1, 0.15) is 4.90 Å². The molecule has 0 N–H and O–H groups in total. The molecule has 0 amide bonds. The maximum atomic E-state index is 13.2. The Morgan fingerprint density at radius 1 is 1.00 bits per heavy atom. The van der Waals surface area contributed by atoms with E-state index in [1.165, 1.54) is 25.2 Å². The van der Waals surface area contributed by atoms with Crippen molar-refractivity contribution in [1.29, 1.82) is 0 Å². The Hall–Kier alpha value is -0.920. The molecule has 2 aromatic rings. The van der Waals surface area contributed by atoms with Gasteiger partial charge in [-0.25, -0.2) is 17.2 Å². The van der Waals surface area contributed by atoms with Crippen LogP contribution in [0.4, 0.5) is 8.78 Å². The highest BCUT2D eigenvalue weighted by Gasteiger charge is 2.27. The fraction of sp³-hybridized carbons (Fsp3) is 0.143. The van der Waals surface area contributed by atoms with Gasteiger partial charge < -0.3 is 0 Å². The highest BCUT2D eigenvalue weighted by molar-refractivity contribution is 7.89. The van der Waals surface area contributed by atoms with Crippen LogP contribution in [0.5, 0.6) is 0 Å². The third-order valence-corrected chi connectivity index (χ3v) is 5.96. The zero-order valence-electron chi connectivity index (χ0n) is 11.7. The summed E-state index contributed by atoms with van der Waals surface area (Å²) in [4.78, 5) is -0.296. The van der Waals surface area contributed by atoms with Gasteiger partial charge in [-0.05, 0) is 29.8 Å². The lowest BCUT2D eigenvalue weighted by Gasteiger charge is -2.19. The maximum absolute atomic E-state index is 13.2. The van der Waals surface area contributed by atoms with Gasteiger partial charge in [0.25, 0.3) is 0 Å². The first-order valence-corrected chi connectivity index (χ1v) is 8.75. The third-order valence-electron chi connectivity index (χ3n) is 3.02. The average molecular weight is 401 g/mol. The van der Waals surface area contributed by atoms with Crippen molar-refractivity contribution in [2.75, 3.05) is 7.05 Å². The fourth-order valence-corrected chi connectivity index (χ4v) is 4.55. The SMILES string of the molecule is CN(Cc1ccc(F)c(F)c1)S(=O)(=O)c1c(Cl)cc(Cl)cc1Cl. The van der Waals surface area contributed by atoms with Crippen LogP contribution in [-0.4, -0.2) is 19.8 Å². The zero-order valence-corrected chi connectivity index (χ0v) is 14.7. The van der Waals surface area contributed by atoms with E-state index >= 15 is 0 Å². The van der Waals surface area contributed by atoms with Crippen molar-refractivity contribution in [3.05, 3.63) is 62.6 Å². The fourth-order valence-electron chi connectivity index (χ4n) is 1.91. The summed E-state index contributed by atoms with van der Waals surface area (Å²) in [5.41, 5.74) is 0.274. The maximum Gasteiger partial charge on any atom is 0.246 e. The van der Waals surface area contributed by atoms with Crippen LogP contribution in [-0.2, 0) is 16.6 Å². The standard InChI is InChI=1S/C14H10Cl3F2NO2S/c1-20(7-8-2-3-12(18)13(19)4-8)23(21,22)14-10(16)5-9(15)6-11(14)17/h2-6H,7H2,1H3. The summed E-state index contributed by atoms with van der Waals surface area (Å²) in [5, 5.41) is -0.0542. The predicted octanol–water partition coefficient (Wildman–Crippen LogP) is 4.75. The van der Waals surface area contributed by atoms with E-state index in [1.807, 2.05) is 0 Å². The molecule has 0 aliphatic carbocycles. The largest absolute Gasteiger partial charge is 0.246 e. The lowest BCUT2D eigenvalue weighted by molar-refractivity contribution is 0.462. The van der Waals surface area contributed by atoms with Gasteiger partial charge in [-0.1, -0.05) is 40.9 Å². The molecular formula is C14H10Cl3F2NO2S. The zero-order chi connectivity index (χ0) is 17.4. The molecule has 0 unspecified atom stereocenters. The van der Waals surface area contributed by atoms with Crippen LogP contribution in [0.3, 0.4) is 0 Å². The van der Waals surface area contributed by atoms with Gasteiger partial charge in [0, 0.05) is 18.6 Å². The molecule has 0 atom stereocenters. The van der Waals surface area contributed by atoms with Crippen molar-refractivity contribution in [1.82, 2.24) is 4.31 Å². The summed E-state index contributed by atoms with van der Waals surface area (Å²) in [6.07, 6.45) is 0. The summed E-state index contributed by atoms with van der Waals surface area (Å²) >= 11 is 17.6. The highest BCUT2D eigenvalue weighted by Crippen LogP contribution is 2.34. The van der Waals surface area contributed by atoms with Crippen molar-refractivity contribution in [3.8, 4) is 0 Å². The monoisotopic (exact) mass is 399 g/mol. The first kappa shape index (κ1) is 18.4. The minimum absolute atomic E-state index is 0.125. The molecule has 0 saturated carbocycles. The molecule has 0 radical (unpaired) electrons. The van der Waals surface area contributed by atoms with E-state index < -0.39 is 21.7 Å². The Balaban J connectivity index is 2.38. The van der Waals surface area contributed by atoms with Crippen LogP contribution in [0.25, 0.3) is 0 Å². The second kappa shape index (κ2) is 6.91. The smallest absolute Gasteiger partial charge is 0.207 e. The second-order valence-corrected chi connectivity index (χ2v) is 7.94. The molecule has 3 nitrogen and oxygen atoms in total. The molecule has 0 aromatic heterocycles. The van der Waals surface area contributed by atoms with Crippen molar-refractivity contribution < 1.29 is 17.2 Å². The Morgan fingerprint density at radius 2 is 1.57 bits per heavy atom. The van der Waals surface area contributed by atoms with Gasteiger partial charge in [0.2, 0.25) is 10.0 Å². The van der Waals surface area contributed by atoms with Crippen LogP contribution >= 0.6 is 34.8 Å². The summed E-state index contributed by atoms with van der Waals surface area (Å²) in [5.74, 6) is -2.07.